The van der Waals surface area contributed by atoms with Crippen molar-refractivity contribution >= 4 is 10.9 Å². The summed E-state index contributed by atoms with van der Waals surface area (Å²) in [5, 5.41) is 5.41. The van der Waals surface area contributed by atoms with Gasteiger partial charge in [0.1, 0.15) is 0 Å². The Labute approximate surface area is 85.6 Å². The van der Waals surface area contributed by atoms with Crippen LogP contribution >= 0.6 is 0 Å². The second kappa shape index (κ2) is 4.80. The van der Waals surface area contributed by atoms with E-state index in [1.54, 1.807) is 0 Å². The van der Waals surface area contributed by atoms with Crippen molar-refractivity contribution in [2.24, 2.45) is 7.05 Å². The number of nitrogens with zero attached hydrogens (tertiary/aromatic N) is 2. The van der Waals surface area contributed by atoms with Crippen LogP contribution in [0.3, 0.4) is 0 Å². The molecule has 1 heterocycles. The molecule has 0 fully saturated rings. The van der Waals surface area contributed by atoms with Crippen LogP contribution in [0.1, 0.15) is 26.3 Å². The van der Waals surface area contributed by atoms with Gasteiger partial charge in [-0.3, -0.25) is 4.68 Å². The molecule has 0 aliphatic rings. The van der Waals surface area contributed by atoms with E-state index in [4.69, 9.17) is 0 Å². The number of fused-ring (bicyclic) bond motifs is 1. The van der Waals surface area contributed by atoms with Crippen molar-refractivity contribution in [2.45, 2.75) is 27.2 Å². The van der Waals surface area contributed by atoms with Crippen molar-refractivity contribution in [1.82, 2.24) is 9.78 Å². The van der Waals surface area contributed by atoms with Gasteiger partial charge in [-0.25, -0.2) is 0 Å². The normalized spacial score (nSPS) is 9.71. The highest BCUT2D eigenvalue weighted by atomic mass is 15.2. The molecule has 0 atom stereocenters. The minimum atomic E-state index is 1.08. The standard InChI is InChI=1S/C10H12N2.C2H6/c1-3-8-4-5-9-7-11-12(2)10(9)6-8;1-2/h4-7H,3H2,1-2H3;1-2H3. The van der Waals surface area contributed by atoms with Gasteiger partial charge in [-0.1, -0.05) is 32.9 Å². The minimum Gasteiger partial charge on any atom is -0.268 e. The van der Waals surface area contributed by atoms with Gasteiger partial charge in [0.2, 0.25) is 0 Å². The molecule has 0 aliphatic heterocycles. The lowest BCUT2D eigenvalue weighted by Gasteiger charge is -1.97. The van der Waals surface area contributed by atoms with Crippen LogP contribution < -0.4 is 0 Å². The van der Waals surface area contributed by atoms with Gasteiger partial charge in [-0.15, -0.1) is 0 Å². The molecule has 0 saturated carbocycles. The van der Waals surface area contributed by atoms with Crippen LogP contribution in [0.15, 0.2) is 24.4 Å². The van der Waals surface area contributed by atoms with E-state index in [0.29, 0.717) is 0 Å². The second-order valence-electron chi connectivity index (χ2n) is 3.01. The number of aromatic nitrogens is 2. The van der Waals surface area contributed by atoms with Crippen molar-refractivity contribution in [3.05, 3.63) is 30.0 Å². The Bertz CT molecular complexity index is 402. The van der Waals surface area contributed by atoms with Crippen molar-refractivity contribution in [3.8, 4) is 0 Å². The maximum absolute atomic E-state index is 4.19. The topological polar surface area (TPSA) is 17.8 Å². The SMILES string of the molecule is CC.CCc1ccc2cnn(C)c2c1. The molecule has 0 spiro atoms. The lowest BCUT2D eigenvalue weighted by molar-refractivity contribution is 0.796. The molecular weight excluding hydrogens is 172 g/mol. The fourth-order valence-corrected chi connectivity index (χ4v) is 1.41. The third-order valence-electron chi connectivity index (χ3n) is 2.22. The first kappa shape index (κ1) is 10.8. The maximum atomic E-state index is 4.19. The highest BCUT2D eigenvalue weighted by Crippen LogP contribution is 2.14. The van der Waals surface area contributed by atoms with Gasteiger partial charge >= 0.3 is 0 Å². The average molecular weight is 190 g/mol. The average Bonchev–Trinajstić information content (AvgIpc) is 2.63. The molecule has 2 heteroatoms. The van der Waals surface area contributed by atoms with Gasteiger partial charge in [-0.2, -0.15) is 5.10 Å². The second-order valence-corrected chi connectivity index (χ2v) is 3.01. The highest BCUT2D eigenvalue weighted by Gasteiger charge is 1.98. The van der Waals surface area contributed by atoms with E-state index in [-0.39, 0.29) is 0 Å². The van der Waals surface area contributed by atoms with Crippen LogP contribution in [0.25, 0.3) is 10.9 Å². The first-order valence-corrected chi connectivity index (χ1v) is 5.22. The van der Waals surface area contributed by atoms with E-state index in [1.807, 2.05) is 31.8 Å². The van der Waals surface area contributed by atoms with E-state index < -0.39 is 0 Å². The smallest absolute Gasteiger partial charge is 0.0681 e. The molecule has 1 aromatic carbocycles. The predicted molar refractivity (Wildman–Crippen MR) is 61.4 cm³/mol. The molecule has 0 amide bonds. The fourth-order valence-electron chi connectivity index (χ4n) is 1.41. The summed E-state index contributed by atoms with van der Waals surface area (Å²) in [6.45, 7) is 6.16. The lowest BCUT2D eigenvalue weighted by Crippen LogP contribution is -1.89. The molecule has 2 rings (SSSR count). The Balaban J connectivity index is 0.000000461. The minimum absolute atomic E-state index is 1.08. The number of aryl methyl sites for hydroxylation is 2. The molecule has 0 radical (unpaired) electrons. The van der Waals surface area contributed by atoms with Crippen LogP contribution in [0.4, 0.5) is 0 Å². The predicted octanol–water partition coefficient (Wildman–Crippen LogP) is 3.16. The van der Waals surface area contributed by atoms with Crippen LogP contribution in [0.2, 0.25) is 0 Å². The number of hydrogen-bond donors (Lipinski definition) is 0. The van der Waals surface area contributed by atoms with E-state index >= 15 is 0 Å². The van der Waals surface area contributed by atoms with Gasteiger partial charge in [0, 0.05) is 12.4 Å². The molecule has 14 heavy (non-hydrogen) atoms. The van der Waals surface area contributed by atoms with Crippen LogP contribution in [0, 0.1) is 0 Å². The Kier molecular flexibility index (Phi) is 3.69. The van der Waals surface area contributed by atoms with E-state index in [0.717, 1.165) is 6.42 Å². The van der Waals surface area contributed by atoms with E-state index in [1.165, 1.54) is 16.5 Å². The van der Waals surface area contributed by atoms with Gasteiger partial charge in [0.15, 0.2) is 0 Å². The summed E-state index contributed by atoms with van der Waals surface area (Å²) < 4.78 is 1.91. The third-order valence-corrected chi connectivity index (χ3v) is 2.22. The molecule has 0 saturated heterocycles. The van der Waals surface area contributed by atoms with E-state index in [2.05, 4.69) is 30.2 Å². The highest BCUT2D eigenvalue weighted by molar-refractivity contribution is 5.79. The molecule has 2 nitrogen and oxygen atoms in total. The zero-order chi connectivity index (χ0) is 10.6. The van der Waals surface area contributed by atoms with Gasteiger partial charge < -0.3 is 0 Å². The monoisotopic (exact) mass is 190 g/mol. The van der Waals surface area contributed by atoms with Crippen LogP contribution in [-0.2, 0) is 13.5 Å². The van der Waals surface area contributed by atoms with Crippen molar-refractivity contribution in [3.63, 3.8) is 0 Å². The first-order chi connectivity index (χ1) is 6.81. The summed E-state index contributed by atoms with van der Waals surface area (Å²) in [5.74, 6) is 0. The quantitative estimate of drug-likeness (QED) is 0.675. The zero-order valence-corrected chi connectivity index (χ0v) is 9.41. The van der Waals surface area contributed by atoms with Crippen LogP contribution in [0.5, 0.6) is 0 Å². The third kappa shape index (κ3) is 1.95. The molecule has 0 unspecified atom stereocenters. The molecule has 2 aromatic rings. The summed E-state index contributed by atoms with van der Waals surface area (Å²) in [5.41, 5.74) is 2.58. The van der Waals surface area contributed by atoms with Crippen LogP contribution in [-0.4, -0.2) is 9.78 Å². The molecule has 0 bridgehead atoms. The lowest BCUT2D eigenvalue weighted by atomic mass is 10.1. The number of rotatable bonds is 1. The largest absolute Gasteiger partial charge is 0.268 e. The molecule has 0 N–H and O–H groups in total. The van der Waals surface area contributed by atoms with Crippen molar-refractivity contribution in [2.75, 3.05) is 0 Å². The van der Waals surface area contributed by atoms with Crippen molar-refractivity contribution < 1.29 is 0 Å². The van der Waals surface area contributed by atoms with Gasteiger partial charge in [-0.05, 0) is 18.1 Å². The Morgan fingerprint density at radius 1 is 1.29 bits per heavy atom. The molecular formula is C12H18N2. The Morgan fingerprint density at radius 2 is 2.00 bits per heavy atom. The molecule has 0 aliphatic carbocycles. The zero-order valence-electron chi connectivity index (χ0n) is 9.41. The van der Waals surface area contributed by atoms with E-state index in [9.17, 15) is 0 Å². The summed E-state index contributed by atoms with van der Waals surface area (Å²) in [6.07, 6.45) is 2.98. The first-order valence-electron chi connectivity index (χ1n) is 5.22. The van der Waals surface area contributed by atoms with Gasteiger partial charge in [0.25, 0.3) is 0 Å². The fraction of sp³-hybridized carbons (Fsp3) is 0.417. The van der Waals surface area contributed by atoms with Crippen molar-refractivity contribution in [1.29, 1.82) is 0 Å². The molecule has 76 valence electrons. The molecule has 1 aromatic heterocycles. The van der Waals surface area contributed by atoms with Gasteiger partial charge in [0.05, 0.1) is 11.7 Å². The Morgan fingerprint density at radius 3 is 2.64 bits per heavy atom. The number of hydrogen-bond acceptors (Lipinski definition) is 1. The maximum Gasteiger partial charge on any atom is 0.0681 e. The summed E-state index contributed by atoms with van der Waals surface area (Å²) in [6, 6.07) is 6.48. The summed E-state index contributed by atoms with van der Waals surface area (Å²) in [4.78, 5) is 0. The summed E-state index contributed by atoms with van der Waals surface area (Å²) in [7, 11) is 1.97. The Hall–Kier alpha value is -1.31. The number of benzene rings is 1. The summed E-state index contributed by atoms with van der Waals surface area (Å²) >= 11 is 0.